The zero-order chi connectivity index (χ0) is 12.3. The zero-order valence-electron chi connectivity index (χ0n) is 11.2. The molecule has 1 aromatic rings. The topological polar surface area (TPSA) is 15.3 Å². The van der Waals surface area contributed by atoms with Crippen LogP contribution in [0.3, 0.4) is 0 Å². The molecular formula is C15H24N2. The molecular weight excluding hydrogens is 208 g/mol. The first-order valence-corrected chi connectivity index (χ1v) is 6.76. The van der Waals surface area contributed by atoms with Crippen LogP contribution in [0.1, 0.15) is 44.7 Å². The Morgan fingerprint density at radius 2 is 1.94 bits per heavy atom. The molecule has 0 aliphatic carbocycles. The average molecular weight is 232 g/mol. The number of piperidine rings is 1. The molecule has 0 bridgehead atoms. The summed E-state index contributed by atoms with van der Waals surface area (Å²) in [6.45, 7) is 5.74. The van der Waals surface area contributed by atoms with Crippen LogP contribution in [-0.4, -0.2) is 19.6 Å². The number of rotatable bonds is 3. The first-order chi connectivity index (χ1) is 8.22. The molecule has 0 aromatic heterocycles. The van der Waals surface area contributed by atoms with Crippen LogP contribution >= 0.6 is 0 Å². The summed E-state index contributed by atoms with van der Waals surface area (Å²) >= 11 is 0. The van der Waals surface area contributed by atoms with E-state index in [2.05, 4.69) is 48.3 Å². The highest BCUT2D eigenvalue weighted by atomic mass is 15.2. The van der Waals surface area contributed by atoms with Gasteiger partial charge in [-0.05, 0) is 57.9 Å². The maximum absolute atomic E-state index is 3.28. The molecule has 2 unspecified atom stereocenters. The molecule has 1 aliphatic rings. The van der Waals surface area contributed by atoms with Crippen molar-refractivity contribution in [2.24, 2.45) is 0 Å². The third-order valence-corrected chi connectivity index (χ3v) is 3.96. The van der Waals surface area contributed by atoms with Crippen LogP contribution < -0.4 is 10.2 Å². The molecule has 1 aromatic carbocycles. The van der Waals surface area contributed by atoms with Crippen LogP contribution in [0.15, 0.2) is 24.3 Å². The molecule has 17 heavy (non-hydrogen) atoms. The molecule has 1 saturated heterocycles. The highest BCUT2D eigenvalue weighted by Crippen LogP contribution is 2.25. The summed E-state index contributed by atoms with van der Waals surface area (Å²) < 4.78 is 0. The number of nitrogens with one attached hydrogen (secondary N) is 1. The SMILES string of the molecule is CNC(C)c1ccc(N2CCCCC2C)cc1. The Hall–Kier alpha value is -1.02. The second-order valence-corrected chi connectivity index (χ2v) is 5.14. The molecule has 0 radical (unpaired) electrons. The minimum absolute atomic E-state index is 0.433. The van der Waals surface area contributed by atoms with Gasteiger partial charge in [-0.1, -0.05) is 12.1 Å². The van der Waals surface area contributed by atoms with Gasteiger partial charge in [0.15, 0.2) is 0 Å². The number of benzene rings is 1. The lowest BCUT2D eigenvalue weighted by Crippen LogP contribution is -2.37. The monoisotopic (exact) mass is 232 g/mol. The fourth-order valence-electron chi connectivity index (χ4n) is 2.60. The van der Waals surface area contributed by atoms with Gasteiger partial charge in [-0.2, -0.15) is 0 Å². The Morgan fingerprint density at radius 1 is 1.24 bits per heavy atom. The minimum atomic E-state index is 0.433. The quantitative estimate of drug-likeness (QED) is 0.860. The molecule has 94 valence electrons. The van der Waals surface area contributed by atoms with E-state index in [4.69, 9.17) is 0 Å². The molecule has 0 amide bonds. The molecule has 2 atom stereocenters. The third-order valence-electron chi connectivity index (χ3n) is 3.96. The van der Waals surface area contributed by atoms with Crippen LogP contribution in [-0.2, 0) is 0 Å². The van der Waals surface area contributed by atoms with Crippen molar-refractivity contribution in [3.8, 4) is 0 Å². The van der Waals surface area contributed by atoms with Gasteiger partial charge in [0, 0.05) is 24.3 Å². The average Bonchev–Trinajstić information content (AvgIpc) is 2.39. The lowest BCUT2D eigenvalue weighted by atomic mass is 10.0. The molecule has 1 N–H and O–H groups in total. The van der Waals surface area contributed by atoms with Gasteiger partial charge in [0.25, 0.3) is 0 Å². The highest BCUT2D eigenvalue weighted by Gasteiger charge is 2.18. The van der Waals surface area contributed by atoms with Crippen LogP contribution in [0.4, 0.5) is 5.69 Å². The summed E-state index contributed by atoms with van der Waals surface area (Å²) in [7, 11) is 2.01. The smallest absolute Gasteiger partial charge is 0.0368 e. The molecule has 1 heterocycles. The van der Waals surface area contributed by atoms with Crippen LogP contribution in [0.5, 0.6) is 0 Å². The van der Waals surface area contributed by atoms with E-state index >= 15 is 0 Å². The van der Waals surface area contributed by atoms with E-state index in [1.807, 2.05) is 7.05 Å². The van der Waals surface area contributed by atoms with E-state index in [0.717, 1.165) is 0 Å². The fourth-order valence-corrected chi connectivity index (χ4v) is 2.60. The van der Waals surface area contributed by atoms with Crippen LogP contribution in [0, 0.1) is 0 Å². The van der Waals surface area contributed by atoms with E-state index in [-0.39, 0.29) is 0 Å². The minimum Gasteiger partial charge on any atom is -0.369 e. The first kappa shape index (κ1) is 12.4. The lowest BCUT2D eigenvalue weighted by molar-refractivity contribution is 0.485. The maximum atomic E-state index is 3.28. The lowest BCUT2D eigenvalue weighted by Gasteiger charge is -2.35. The van der Waals surface area contributed by atoms with Crippen molar-refractivity contribution < 1.29 is 0 Å². The van der Waals surface area contributed by atoms with Gasteiger partial charge in [-0.25, -0.2) is 0 Å². The third kappa shape index (κ3) is 2.81. The van der Waals surface area contributed by atoms with Crippen molar-refractivity contribution in [3.63, 3.8) is 0 Å². The van der Waals surface area contributed by atoms with Crippen molar-refractivity contribution in [2.45, 2.75) is 45.2 Å². The summed E-state index contributed by atoms with van der Waals surface area (Å²) in [5.41, 5.74) is 2.74. The van der Waals surface area contributed by atoms with E-state index in [9.17, 15) is 0 Å². The van der Waals surface area contributed by atoms with Gasteiger partial charge < -0.3 is 10.2 Å². The predicted octanol–water partition coefficient (Wildman–Crippen LogP) is 3.35. The van der Waals surface area contributed by atoms with E-state index in [0.29, 0.717) is 12.1 Å². The van der Waals surface area contributed by atoms with Gasteiger partial charge >= 0.3 is 0 Å². The largest absolute Gasteiger partial charge is 0.369 e. The normalized spacial score (nSPS) is 22.5. The molecule has 2 heteroatoms. The first-order valence-electron chi connectivity index (χ1n) is 6.76. The summed E-state index contributed by atoms with van der Waals surface area (Å²) in [5.74, 6) is 0. The maximum Gasteiger partial charge on any atom is 0.0368 e. The Balaban J connectivity index is 2.11. The van der Waals surface area contributed by atoms with Gasteiger partial charge in [0.1, 0.15) is 0 Å². The van der Waals surface area contributed by atoms with Crippen molar-refractivity contribution >= 4 is 5.69 Å². The van der Waals surface area contributed by atoms with E-state index in [1.54, 1.807) is 0 Å². The van der Waals surface area contributed by atoms with Crippen molar-refractivity contribution in [3.05, 3.63) is 29.8 Å². The Kier molecular flexibility index (Phi) is 4.06. The molecule has 1 aliphatic heterocycles. The molecule has 2 nitrogen and oxygen atoms in total. The zero-order valence-corrected chi connectivity index (χ0v) is 11.2. The summed E-state index contributed by atoms with van der Waals surface area (Å²) in [6, 6.07) is 10.2. The Bertz CT molecular complexity index is 344. The second kappa shape index (κ2) is 5.54. The molecule has 2 rings (SSSR count). The number of nitrogens with zero attached hydrogens (tertiary/aromatic N) is 1. The molecule has 0 spiro atoms. The summed E-state index contributed by atoms with van der Waals surface area (Å²) in [6.07, 6.45) is 4.04. The summed E-state index contributed by atoms with van der Waals surface area (Å²) in [4.78, 5) is 2.54. The molecule has 1 fully saturated rings. The Labute approximate surface area is 105 Å². The summed E-state index contributed by atoms with van der Waals surface area (Å²) in [5, 5.41) is 3.28. The van der Waals surface area contributed by atoms with Crippen molar-refractivity contribution in [1.82, 2.24) is 5.32 Å². The van der Waals surface area contributed by atoms with Gasteiger partial charge in [-0.15, -0.1) is 0 Å². The predicted molar refractivity (Wildman–Crippen MR) is 74.6 cm³/mol. The van der Waals surface area contributed by atoms with Crippen molar-refractivity contribution in [2.75, 3.05) is 18.5 Å². The molecule has 0 saturated carbocycles. The number of anilines is 1. The van der Waals surface area contributed by atoms with Gasteiger partial charge in [-0.3, -0.25) is 0 Å². The Morgan fingerprint density at radius 3 is 2.53 bits per heavy atom. The number of hydrogen-bond donors (Lipinski definition) is 1. The fraction of sp³-hybridized carbons (Fsp3) is 0.600. The van der Waals surface area contributed by atoms with E-state index in [1.165, 1.54) is 37.1 Å². The standard InChI is InChI=1S/C15H24N2/c1-12-6-4-5-11-17(12)15-9-7-14(8-10-15)13(2)16-3/h7-10,12-13,16H,4-6,11H2,1-3H3. The van der Waals surface area contributed by atoms with Crippen LogP contribution in [0.25, 0.3) is 0 Å². The van der Waals surface area contributed by atoms with E-state index < -0.39 is 0 Å². The van der Waals surface area contributed by atoms with Gasteiger partial charge in [0.2, 0.25) is 0 Å². The highest BCUT2D eigenvalue weighted by molar-refractivity contribution is 5.49. The van der Waals surface area contributed by atoms with Gasteiger partial charge in [0.05, 0.1) is 0 Å². The second-order valence-electron chi connectivity index (χ2n) is 5.14. The van der Waals surface area contributed by atoms with Crippen LogP contribution in [0.2, 0.25) is 0 Å². The number of hydrogen-bond acceptors (Lipinski definition) is 2. The van der Waals surface area contributed by atoms with Crippen molar-refractivity contribution in [1.29, 1.82) is 0 Å².